The molecule has 0 radical (unpaired) electrons. The Balaban J connectivity index is 2.40. The number of hydrogen-bond donors (Lipinski definition) is 1. The molecule has 3 rings (SSSR count). The van der Waals surface area contributed by atoms with E-state index in [0.29, 0.717) is 5.13 Å². The molecule has 96 valence electrons. The van der Waals surface area contributed by atoms with E-state index in [1.807, 2.05) is 13.0 Å². The van der Waals surface area contributed by atoms with Crippen LogP contribution in [0.25, 0.3) is 21.5 Å². The zero-order valence-corrected chi connectivity index (χ0v) is 11.9. The number of anilines is 1. The normalized spacial score (nSPS) is 11.1. The predicted molar refractivity (Wildman–Crippen MR) is 79.3 cm³/mol. The Labute approximate surface area is 115 Å². The summed E-state index contributed by atoms with van der Waals surface area (Å²) in [6.45, 7) is 6.16. The molecule has 4 nitrogen and oxygen atoms in total. The second-order valence-electron chi connectivity index (χ2n) is 4.73. The Morgan fingerprint density at radius 1 is 1.05 bits per heavy atom. The minimum Gasteiger partial charge on any atom is -0.374 e. The van der Waals surface area contributed by atoms with Crippen LogP contribution in [0.5, 0.6) is 0 Å². The molecule has 0 saturated heterocycles. The van der Waals surface area contributed by atoms with Crippen LogP contribution in [0.4, 0.5) is 5.13 Å². The fourth-order valence-electron chi connectivity index (χ4n) is 2.33. The maximum Gasteiger partial charge on any atom is 0.203 e. The molecule has 0 aliphatic carbocycles. The van der Waals surface area contributed by atoms with Crippen molar-refractivity contribution in [2.45, 2.75) is 20.8 Å². The summed E-state index contributed by atoms with van der Waals surface area (Å²) in [6.07, 6.45) is 0. The summed E-state index contributed by atoms with van der Waals surface area (Å²) in [7, 11) is 0. The minimum absolute atomic E-state index is 0.488. The van der Waals surface area contributed by atoms with Crippen molar-refractivity contribution in [1.29, 1.82) is 0 Å². The van der Waals surface area contributed by atoms with E-state index in [4.69, 9.17) is 5.73 Å². The summed E-state index contributed by atoms with van der Waals surface area (Å²) in [5.41, 5.74) is 11.1. The highest BCUT2D eigenvalue weighted by atomic mass is 32.1. The fourth-order valence-corrected chi connectivity index (χ4v) is 2.97. The van der Waals surface area contributed by atoms with E-state index in [1.54, 1.807) is 0 Å². The van der Waals surface area contributed by atoms with Crippen molar-refractivity contribution in [3.8, 4) is 10.6 Å². The Kier molecular flexibility index (Phi) is 2.71. The Hall–Kier alpha value is -2.01. The van der Waals surface area contributed by atoms with Gasteiger partial charge in [0.2, 0.25) is 5.13 Å². The molecule has 0 aliphatic rings. The van der Waals surface area contributed by atoms with Gasteiger partial charge < -0.3 is 5.73 Å². The van der Waals surface area contributed by atoms with Gasteiger partial charge >= 0.3 is 0 Å². The summed E-state index contributed by atoms with van der Waals surface area (Å²) >= 11 is 1.40. The van der Waals surface area contributed by atoms with Gasteiger partial charge in [0.1, 0.15) is 5.01 Å². The summed E-state index contributed by atoms with van der Waals surface area (Å²) in [6, 6.07) is 6.33. The average molecular weight is 270 g/mol. The highest BCUT2D eigenvalue weighted by Gasteiger charge is 2.12. The molecular formula is C14H14N4S. The SMILES string of the molecule is Cc1cc(C)c2nc(C)cc(-c3nnc(N)s3)c2c1. The molecule has 19 heavy (non-hydrogen) atoms. The lowest BCUT2D eigenvalue weighted by molar-refractivity contribution is 1.10. The van der Waals surface area contributed by atoms with Crippen LogP contribution in [0.2, 0.25) is 0 Å². The van der Waals surface area contributed by atoms with E-state index in [9.17, 15) is 0 Å². The first kappa shape index (κ1) is 12.0. The molecule has 0 fully saturated rings. The van der Waals surface area contributed by atoms with Crippen LogP contribution in [-0.2, 0) is 0 Å². The maximum atomic E-state index is 5.69. The lowest BCUT2D eigenvalue weighted by atomic mass is 10.0. The number of nitrogens with two attached hydrogens (primary N) is 1. The number of hydrogen-bond acceptors (Lipinski definition) is 5. The quantitative estimate of drug-likeness (QED) is 0.737. The molecule has 2 heterocycles. The third-order valence-corrected chi connectivity index (χ3v) is 3.83. The van der Waals surface area contributed by atoms with Crippen LogP contribution < -0.4 is 5.73 Å². The van der Waals surface area contributed by atoms with Gasteiger partial charge in [-0.3, -0.25) is 4.98 Å². The molecule has 0 unspecified atom stereocenters. The van der Waals surface area contributed by atoms with Gasteiger partial charge in [-0.15, -0.1) is 10.2 Å². The zero-order valence-electron chi connectivity index (χ0n) is 11.1. The topological polar surface area (TPSA) is 64.7 Å². The second-order valence-corrected chi connectivity index (χ2v) is 5.74. The van der Waals surface area contributed by atoms with Crippen molar-refractivity contribution < 1.29 is 0 Å². The number of pyridine rings is 1. The molecule has 0 atom stereocenters. The van der Waals surface area contributed by atoms with Crippen LogP contribution in [0, 0.1) is 20.8 Å². The van der Waals surface area contributed by atoms with Crippen molar-refractivity contribution >= 4 is 27.4 Å². The zero-order chi connectivity index (χ0) is 13.6. The molecule has 0 aliphatic heterocycles. The van der Waals surface area contributed by atoms with E-state index in [0.717, 1.165) is 27.2 Å². The molecule has 0 saturated carbocycles. The molecule has 0 bridgehead atoms. The molecular weight excluding hydrogens is 256 g/mol. The van der Waals surface area contributed by atoms with Crippen molar-refractivity contribution in [2.24, 2.45) is 0 Å². The van der Waals surface area contributed by atoms with E-state index < -0.39 is 0 Å². The van der Waals surface area contributed by atoms with Crippen LogP contribution in [0.3, 0.4) is 0 Å². The first-order chi connectivity index (χ1) is 9.04. The molecule has 0 amide bonds. The van der Waals surface area contributed by atoms with Crippen molar-refractivity contribution in [1.82, 2.24) is 15.2 Å². The molecule has 1 aromatic carbocycles. The fraction of sp³-hybridized carbons (Fsp3) is 0.214. The average Bonchev–Trinajstić information content (AvgIpc) is 2.76. The van der Waals surface area contributed by atoms with Gasteiger partial charge in [0, 0.05) is 16.6 Å². The number of nitrogens with zero attached hydrogens (tertiary/aromatic N) is 3. The first-order valence-electron chi connectivity index (χ1n) is 6.02. The highest BCUT2D eigenvalue weighted by molar-refractivity contribution is 7.18. The van der Waals surface area contributed by atoms with Gasteiger partial charge in [-0.2, -0.15) is 0 Å². The molecule has 2 N–H and O–H groups in total. The van der Waals surface area contributed by atoms with Gasteiger partial charge in [-0.1, -0.05) is 23.0 Å². The largest absolute Gasteiger partial charge is 0.374 e. The molecule has 2 aromatic heterocycles. The third kappa shape index (κ3) is 2.06. The van der Waals surface area contributed by atoms with E-state index in [-0.39, 0.29) is 0 Å². The van der Waals surface area contributed by atoms with Crippen LogP contribution in [-0.4, -0.2) is 15.2 Å². The van der Waals surface area contributed by atoms with Gasteiger partial charge in [-0.05, 0) is 38.5 Å². The summed E-state index contributed by atoms with van der Waals surface area (Å²) in [5.74, 6) is 0. The van der Waals surface area contributed by atoms with Gasteiger partial charge in [0.15, 0.2) is 0 Å². The van der Waals surface area contributed by atoms with Crippen LogP contribution in [0.1, 0.15) is 16.8 Å². The van der Waals surface area contributed by atoms with E-state index in [1.165, 1.54) is 22.5 Å². The highest BCUT2D eigenvalue weighted by Crippen LogP contribution is 2.33. The van der Waals surface area contributed by atoms with Gasteiger partial charge in [-0.25, -0.2) is 0 Å². The van der Waals surface area contributed by atoms with E-state index in [2.05, 4.69) is 41.2 Å². The number of aryl methyl sites for hydroxylation is 3. The van der Waals surface area contributed by atoms with Crippen molar-refractivity contribution in [3.63, 3.8) is 0 Å². The molecule has 3 aromatic rings. The summed E-state index contributed by atoms with van der Waals surface area (Å²) in [4.78, 5) is 4.63. The summed E-state index contributed by atoms with van der Waals surface area (Å²) in [5, 5.41) is 10.5. The number of rotatable bonds is 1. The minimum atomic E-state index is 0.488. The number of aromatic nitrogens is 3. The first-order valence-corrected chi connectivity index (χ1v) is 6.84. The Bertz CT molecular complexity index is 776. The molecule has 0 spiro atoms. The summed E-state index contributed by atoms with van der Waals surface area (Å²) < 4.78 is 0. The van der Waals surface area contributed by atoms with Crippen molar-refractivity contribution in [3.05, 3.63) is 35.0 Å². The van der Waals surface area contributed by atoms with E-state index >= 15 is 0 Å². The Morgan fingerprint density at radius 3 is 2.53 bits per heavy atom. The van der Waals surface area contributed by atoms with Crippen LogP contribution in [0.15, 0.2) is 18.2 Å². The predicted octanol–water partition coefficient (Wildman–Crippen LogP) is 3.26. The van der Waals surface area contributed by atoms with Gasteiger partial charge in [0.05, 0.1) is 5.52 Å². The number of fused-ring (bicyclic) bond motifs is 1. The Morgan fingerprint density at radius 2 is 1.84 bits per heavy atom. The smallest absolute Gasteiger partial charge is 0.203 e. The number of nitrogen functional groups attached to an aromatic ring is 1. The molecule has 5 heteroatoms. The monoisotopic (exact) mass is 270 g/mol. The van der Waals surface area contributed by atoms with Crippen molar-refractivity contribution in [2.75, 3.05) is 5.73 Å². The third-order valence-electron chi connectivity index (χ3n) is 3.05. The van der Waals surface area contributed by atoms with Crippen LogP contribution >= 0.6 is 11.3 Å². The lowest BCUT2D eigenvalue weighted by Gasteiger charge is -2.08. The maximum absolute atomic E-state index is 5.69. The van der Waals surface area contributed by atoms with Gasteiger partial charge in [0.25, 0.3) is 0 Å². The standard InChI is InChI=1S/C14H14N4S/c1-7-4-8(2)12-10(5-7)11(6-9(3)16-12)13-17-18-14(15)19-13/h4-6H,1-3H3,(H2,15,18). The second kappa shape index (κ2) is 4.28. The number of benzene rings is 1. The lowest BCUT2D eigenvalue weighted by Crippen LogP contribution is -1.92.